The van der Waals surface area contributed by atoms with Crippen molar-refractivity contribution in [1.82, 2.24) is 14.9 Å². The van der Waals surface area contributed by atoms with Crippen molar-refractivity contribution in [2.75, 3.05) is 13.1 Å². The molecule has 1 N–H and O–H groups in total. The Kier molecular flexibility index (Phi) is 3.33. The van der Waals surface area contributed by atoms with Crippen LogP contribution in [0.25, 0.3) is 11.0 Å². The van der Waals surface area contributed by atoms with E-state index in [2.05, 4.69) is 9.97 Å². The van der Waals surface area contributed by atoms with Gasteiger partial charge in [0, 0.05) is 13.1 Å². The van der Waals surface area contributed by atoms with E-state index in [0.717, 1.165) is 5.52 Å². The number of hydrogen-bond acceptors (Lipinski definition) is 2. The summed E-state index contributed by atoms with van der Waals surface area (Å²) in [7, 11) is 0. The predicted molar refractivity (Wildman–Crippen MR) is 68.4 cm³/mol. The maximum absolute atomic E-state index is 12.1. The molecule has 0 atom stereocenters. The van der Waals surface area contributed by atoms with Gasteiger partial charge in [-0.1, -0.05) is 11.6 Å². The van der Waals surface area contributed by atoms with Crippen molar-refractivity contribution >= 4 is 28.5 Å². The van der Waals surface area contributed by atoms with Gasteiger partial charge in [0.1, 0.15) is 10.8 Å². The number of nitrogens with one attached hydrogen (secondary N) is 1. The van der Waals surface area contributed by atoms with Crippen molar-refractivity contribution in [2.45, 2.75) is 13.8 Å². The van der Waals surface area contributed by atoms with Crippen LogP contribution in [0.15, 0.2) is 18.2 Å². The maximum Gasteiger partial charge on any atom is 0.270 e. The Morgan fingerprint density at radius 1 is 1.41 bits per heavy atom. The third-order valence-corrected chi connectivity index (χ3v) is 2.93. The molecule has 5 heteroatoms. The van der Waals surface area contributed by atoms with Crippen LogP contribution >= 0.6 is 11.6 Å². The Labute approximate surface area is 105 Å². The SMILES string of the molecule is CCN(CC)C(=O)c1cc2nc(Cl)ccc2[nH]1. The smallest absolute Gasteiger partial charge is 0.270 e. The van der Waals surface area contributed by atoms with E-state index in [1.165, 1.54) is 0 Å². The molecule has 17 heavy (non-hydrogen) atoms. The molecule has 0 unspecified atom stereocenters. The monoisotopic (exact) mass is 251 g/mol. The molecule has 0 saturated carbocycles. The lowest BCUT2D eigenvalue weighted by molar-refractivity contribution is 0.0768. The van der Waals surface area contributed by atoms with Crippen LogP contribution in [0.4, 0.5) is 0 Å². The van der Waals surface area contributed by atoms with Gasteiger partial charge in [-0.2, -0.15) is 0 Å². The molecule has 0 saturated heterocycles. The molecule has 4 nitrogen and oxygen atoms in total. The first-order valence-corrected chi connectivity index (χ1v) is 5.98. The molecule has 0 aliphatic heterocycles. The number of hydrogen-bond donors (Lipinski definition) is 1. The van der Waals surface area contributed by atoms with Crippen LogP contribution in [-0.4, -0.2) is 33.9 Å². The van der Waals surface area contributed by atoms with Gasteiger partial charge in [0.15, 0.2) is 0 Å². The quantitative estimate of drug-likeness (QED) is 0.853. The minimum atomic E-state index is -0.0101. The largest absolute Gasteiger partial charge is 0.349 e. The molecular formula is C12H14ClN3O. The lowest BCUT2D eigenvalue weighted by Crippen LogP contribution is -2.30. The zero-order chi connectivity index (χ0) is 12.4. The summed E-state index contributed by atoms with van der Waals surface area (Å²) in [6.07, 6.45) is 0. The summed E-state index contributed by atoms with van der Waals surface area (Å²) >= 11 is 5.80. The number of pyridine rings is 1. The van der Waals surface area contributed by atoms with Crippen LogP contribution < -0.4 is 0 Å². The van der Waals surface area contributed by atoms with Gasteiger partial charge in [-0.15, -0.1) is 0 Å². The lowest BCUT2D eigenvalue weighted by atomic mass is 10.3. The number of carbonyl (C=O) groups is 1. The van der Waals surface area contributed by atoms with E-state index < -0.39 is 0 Å². The Balaban J connectivity index is 2.39. The summed E-state index contributed by atoms with van der Waals surface area (Å²) in [6, 6.07) is 5.26. The van der Waals surface area contributed by atoms with Crippen LogP contribution in [0.5, 0.6) is 0 Å². The number of halogens is 1. The Morgan fingerprint density at radius 2 is 2.12 bits per heavy atom. The molecule has 1 amide bonds. The van der Waals surface area contributed by atoms with Gasteiger partial charge < -0.3 is 9.88 Å². The molecule has 2 aromatic heterocycles. The highest BCUT2D eigenvalue weighted by atomic mass is 35.5. The van der Waals surface area contributed by atoms with E-state index in [-0.39, 0.29) is 5.91 Å². The highest BCUT2D eigenvalue weighted by Gasteiger charge is 2.15. The normalized spacial score (nSPS) is 10.8. The van der Waals surface area contributed by atoms with E-state index in [0.29, 0.717) is 29.5 Å². The fraction of sp³-hybridized carbons (Fsp3) is 0.333. The Morgan fingerprint density at radius 3 is 2.76 bits per heavy atom. The van der Waals surface area contributed by atoms with Gasteiger partial charge in [0.2, 0.25) is 0 Å². The van der Waals surface area contributed by atoms with E-state index >= 15 is 0 Å². The van der Waals surface area contributed by atoms with Crippen molar-refractivity contribution in [1.29, 1.82) is 0 Å². The number of amides is 1. The fourth-order valence-corrected chi connectivity index (χ4v) is 1.93. The van der Waals surface area contributed by atoms with Gasteiger partial charge in [0.05, 0.1) is 11.0 Å². The molecule has 90 valence electrons. The predicted octanol–water partition coefficient (Wildman–Crippen LogP) is 2.70. The average Bonchev–Trinajstić information content (AvgIpc) is 2.73. The maximum atomic E-state index is 12.1. The highest BCUT2D eigenvalue weighted by molar-refractivity contribution is 6.29. The van der Waals surface area contributed by atoms with E-state index in [1.807, 2.05) is 19.9 Å². The third kappa shape index (κ3) is 2.26. The molecule has 2 heterocycles. The molecule has 0 aliphatic rings. The second-order valence-electron chi connectivity index (χ2n) is 3.73. The molecule has 0 radical (unpaired) electrons. The van der Waals surface area contributed by atoms with Gasteiger partial charge in [-0.25, -0.2) is 4.98 Å². The zero-order valence-corrected chi connectivity index (χ0v) is 10.6. The first-order chi connectivity index (χ1) is 8.15. The fourth-order valence-electron chi connectivity index (χ4n) is 1.78. The summed E-state index contributed by atoms with van der Waals surface area (Å²) in [6.45, 7) is 5.30. The topological polar surface area (TPSA) is 49.0 Å². The molecule has 0 aromatic carbocycles. The number of fused-ring (bicyclic) bond motifs is 1. The van der Waals surface area contributed by atoms with Crippen LogP contribution in [-0.2, 0) is 0 Å². The number of rotatable bonds is 3. The van der Waals surface area contributed by atoms with Crippen molar-refractivity contribution < 1.29 is 4.79 Å². The molecule has 2 aromatic rings. The summed E-state index contributed by atoms with van der Waals surface area (Å²) in [5, 5.41) is 0.429. The lowest BCUT2D eigenvalue weighted by Gasteiger charge is -2.17. The Bertz CT molecular complexity index is 546. The van der Waals surface area contributed by atoms with Crippen molar-refractivity contribution in [2.24, 2.45) is 0 Å². The number of aromatic amines is 1. The van der Waals surface area contributed by atoms with Gasteiger partial charge in [-0.05, 0) is 32.0 Å². The van der Waals surface area contributed by atoms with Crippen molar-refractivity contribution in [3.05, 3.63) is 29.0 Å². The molecule has 2 rings (SSSR count). The number of carbonyl (C=O) groups excluding carboxylic acids is 1. The second-order valence-corrected chi connectivity index (χ2v) is 4.11. The second kappa shape index (κ2) is 4.75. The number of nitrogens with zero attached hydrogens (tertiary/aromatic N) is 2. The van der Waals surface area contributed by atoms with Crippen LogP contribution in [0.3, 0.4) is 0 Å². The standard InChI is InChI=1S/C12H14ClN3O/c1-3-16(4-2)12(17)10-7-9-8(14-10)5-6-11(13)15-9/h5-7,14H,3-4H2,1-2H3. The molecule has 0 spiro atoms. The number of H-pyrrole nitrogens is 1. The van der Waals surface area contributed by atoms with E-state index in [1.54, 1.807) is 17.0 Å². The van der Waals surface area contributed by atoms with E-state index in [4.69, 9.17) is 11.6 Å². The molecule has 0 aliphatic carbocycles. The first-order valence-electron chi connectivity index (χ1n) is 5.60. The summed E-state index contributed by atoms with van der Waals surface area (Å²) in [5.74, 6) is -0.0101. The van der Waals surface area contributed by atoms with Gasteiger partial charge in [0.25, 0.3) is 5.91 Å². The zero-order valence-electron chi connectivity index (χ0n) is 9.83. The Hall–Kier alpha value is -1.55. The van der Waals surface area contributed by atoms with Crippen molar-refractivity contribution in [3.63, 3.8) is 0 Å². The van der Waals surface area contributed by atoms with Crippen molar-refractivity contribution in [3.8, 4) is 0 Å². The summed E-state index contributed by atoms with van der Waals surface area (Å²) in [5.41, 5.74) is 2.09. The molecular weight excluding hydrogens is 238 g/mol. The van der Waals surface area contributed by atoms with Gasteiger partial charge in [-0.3, -0.25) is 4.79 Å². The third-order valence-electron chi connectivity index (χ3n) is 2.72. The summed E-state index contributed by atoms with van der Waals surface area (Å²) < 4.78 is 0. The number of aromatic nitrogens is 2. The molecule has 0 fully saturated rings. The van der Waals surface area contributed by atoms with Gasteiger partial charge >= 0.3 is 0 Å². The highest BCUT2D eigenvalue weighted by Crippen LogP contribution is 2.17. The first kappa shape index (κ1) is 11.9. The summed E-state index contributed by atoms with van der Waals surface area (Å²) in [4.78, 5) is 21.1. The average molecular weight is 252 g/mol. The molecule has 0 bridgehead atoms. The van der Waals surface area contributed by atoms with E-state index in [9.17, 15) is 4.79 Å². The van der Waals surface area contributed by atoms with Crippen LogP contribution in [0.2, 0.25) is 5.15 Å². The minimum absolute atomic E-state index is 0.0101. The van der Waals surface area contributed by atoms with Crippen LogP contribution in [0.1, 0.15) is 24.3 Å². The van der Waals surface area contributed by atoms with Crippen LogP contribution in [0, 0.1) is 0 Å². The minimum Gasteiger partial charge on any atom is -0.349 e.